The van der Waals surface area contributed by atoms with E-state index in [1.165, 1.54) is 6.92 Å². The van der Waals surface area contributed by atoms with Crippen molar-refractivity contribution in [2.75, 3.05) is 21.0 Å². The number of phosphoric acid groups is 1. The molecule has 0 aliphatic rings. The van der Waals surface area contributed by atoms with Crippen molar-refractivity contribution in [1.29, 1.82) is 0 Å². The molecule has 0 N–H and O–H groups in total. The first-order valence-corrected chi connectivity index (χ1v) is 4.49. The Balaban J connectivity index is 3.74. The highest BCUT2D eigenvalue weighted by atomic mass is 31.2. The molecule has 0 unspecified atom stereocenters. The maximum Gasteiger partial charge on any atom is 0.477 e. The molecule has 72 valence electrons. The Morgan fingerprint density at radius 3 is 2.17 bits per heavy atom. The van der Waals surface area contributed by atoms with Crippen LogP contribution in [0.5, 0.6) is 0 Å². The number of ether oxygens (including phenoxy) is 1. The van der Waals surface area contributed by atoms with Gasteiger partial charge in [0.1, 0.15) is 0 Å². The molecule has 0 saturated carbocycles. The monoisotopic (exact) mass is 198 g/mol. The van der Waals surface area contributed by atoms with Gasteiger partial charge in [0.2, 0.25) is 6.79 Å². The number of hydrogen-bond donors (Lipinski definition) is 0. The molecule has 0 saturated heterocycles. The standard InChI is InChI=1S/C5H11O6P/c1-5(6)10-4-11-12(7,8-2)9-3/h4H2,1-3H3. The summed E-state index contributed by atoms with van der Waals surface area (Å²) in [6.07, 6.45) is 0. The number of rotatable bonds is 5. The average Bonchev–Trinajstić information content (AvgIpc) is 2.03. The maximum absolute atomic E-state index is 11.1. The lowest BCUT2D eigenvalue weighted by atomic mass is 10.8. The predicted octanol–water partition coefficient (Wildman–Crippen LogP) is 0.924. The third-order valence-electron chi connectivity index (χ3n) is 0.920. The molecule has 0 bridgehead atoms. The summed E-state index contributed by atoms with van der Waals surface area (Å²) in [7, 11) is -1.19. The zero-order valence-corrected chi connectivity index (χ0v) is 8.00. The largest absolute Gasteiger partial charge is 0.477 e. The van der Waals surface area contributed by atoms with E-state index in [4.69, 9.17) is 0 Å². The van der Waals surface area contributed by atoms with Crippen molar-refractivity contribution >= 4 is 13.8 Å². The summed E-state index contributed by atoms with van der Waals surface area (Å²) in [6.45, 7) is 0.752. The molecular formula is C5H11O6P. The van der Waals surface area contributed by atoms with E-state index < -0.39 is 20.6 Å². The van der Waals surface area contributed by atoms with Gasteiger partial charge in [-0.3, -0.25) is 13.8 Å². The second-order valence-corrected chi connectivity index (χ2v) is 3.58. The van der Waals surface area contributed by atoms with Crippen molar-refractivity contribution in [3.8, 4) is 0 Å². The Kier molecular flexibility index (Phi) is 5.08. The van der Waals surface area contributed by atoms with Crippen LogP contribution in [0.1, 0.15) is 6.92 Å². The van der Waals surface area contributed by atoms with Gasteiger partial charge in [-0.15, -0.1) is 0 Å². The number of carbonyl (C=O) groups excluding carboxylic acids is 1. The molecule has 0 aliphatic carbocycles. The Morgan fingerprint density at radius 2 is 1.83 bits per heavy atom. The molecule has 6 nitrogen and oxygen atoms in total. The Hall–Kier alpha value is -0.420. The van der Waals surface area contributed by atoms with E-state index in [0.717, 1.165) is 14.2 Å². The van der Waals surface area contributed by atoms with Crippen LogP contribution in [0.3, 0.4) is 0 Å². The fourth-order valence-electron chi connectivity index (χ4n) is 0.354. The van der Waals surface area contributed by atoms with Gasteiger partial charge in [-0.25, -0.2) is 9.09 Å². The quantitative estimate of drug-likeness (QED) is 0.371. The summed E-state index contributed by atoms with van der Waals surface area (Å²) in [6, 6.07) is 0. The van der Waals surface area contributed by atoms with E-state index >= 15 is 0 Å². The van der Waals surface area contributed by atoms with Crippen molar-refractivity contribution in [2.45, 2.75) is 6.92 Å². The molecule has 0 aromatic rings. The number of hydrogen-bond acceptors (Lipinski definition) is 6. The summed E-state index contributed by atoms with van der Waals surface area (Å²) in [5, 5.41) is 0. The highest BCUT2D eigenvalue weighted by Gasteiger charge is 2.22. The first-order valence-electron chi connectivity index (χ1n) is 3.03. The molecule has 0 aliphatic heterocycles. The van der Waals surface area contributed by atoms with Crippen LogP contribution in [0, 0.1) is 0 Å². The average molecular weight is 198 g/mol. The van der Waals surface area contributed by atoms with Gasteiger partial charge < -0.3 is 4.74 Å². The third kappa shape index (κ3) is 4.46. The first-order chi connectivity index (χ1) is 5.54. The minimum Gasteiger partial charge on any atom is -0.438 e. The summed E-state index contributed by atoms with van der Waals surface area (Å²) in [5.41, 5.74) is 0. The molecule has 12 heavy (non-hydrogen) atoms. The van der Waals surface area contributed by atoms with Gasteiger partial charge in [-0.1, -0.05) is 0 Å². The highest BCUT2D eigenvalue weighted by Crippen LogP contribution is 2.47. The molecular weight excluding hydrogens is 187 g/mol. The van der Waals surface area contributed by atoms with Crippen LogP contribution in [0.4, 0.5) is 0 Å². The predicted molar refractivity (Wildman–Crippen MR) is 39.3 cm³/mol. The van der Waals surface area contributed by atoms with Crippen LogP contribution in [0.2, 0.25) is 0 Å². The molecule has 0 atom stereocenters. The van der Waals surface area contributed by atoms with E-state index in [1.807, 2.05) is 0 Å². The summed E-state index contributed by atoms with van der Waals surface area (Å²) >= 11 is 0. The van der Waals surface area contributed by atoms with Crippen LogP contribution >= 0.6 is 7.82 Å². The molecule has 0 spiro atoms. The number of carbonyl (C=O) groups is 1. The zero-order chi connectivity index (χ0) is 9.61. The van der Waals surface area contributed by atoms with E-state index in [1.54, 1.807) is 0 Å². The first kappa shape index (κ1) is 11.6. The van der Waals surface area contributed by atoms with Crippen LogP contribution in [0.25, 0.3) is 0 Å². The van der Waals surface area contributed by atoms with Crippen molar-refractivity contribution in [3.63, 3.8) is 0 Å². The molecule has 0 rings (SSSR count). The van der Waals surface area contributed by atoms with Gasteiger partial charge in [-0.2, -0.15) is 0 Å². The maximum atomic E-state index is 11.1. The van der Waals surface area contributed by atoms with E-state index in [9.17, 15) is 9.36 Å². The lowest BCUT2D eigenvalue weighted by molar-refractivity contribution is -0.148. The van der Waals surface area contributed by atoms with Gasteiger partial charge in [0.25, 0.3) is 0 Å². The van der Waals surface area contributed by atoms with Crippen molar-refractivity contribution in [3.05, 3.63) is 0 Å². The van der Waals surface area contributed by atoms with Crippen LogP contribution < -0.4 is 0 Å². The number of phosphoric ester groups is 1. The molecule has 0 fully saturated rings. The fraction of sp³-hybridized carbons (Fsp3) is 0.800. The van der Waals surface area contributed by atoms with Gasteiger partial charge >= 0.3 is 13.8 Å². The zero-order valence-electron chi connectivity index (χ0n) is 7.10. The second-order valence-electron chi connectivity index (χ2n) is 1.70. The smallest absolute Gasteiger partial charge is 0.438 e. The van der Waals surface area contributed by atoms with E-state index in [2.05, 4.69) is 18.3 Å². The van der Waals surface area contributed by atoms with Crippen LogP contribution in [-0.4, -0.2) is 27.0 Å². The number of esters is 1. The molecule has 0 amide bonds. The van der Waals surface area contributed by atoms with Crippen molar-refractivity contribution < 1.29 is 27.7 Å². The van der Waals surface area contributed by atoms with Crippen LogP contribution in [0.15, 0.2) is 0 Å². The molecule has 0 aromatic carbocycles. The van der Waals surface area contributed by atoms with E-state index in [-0.39, 0.29) is 0 Å². The molecule has 0 heterocycles. The van der Waals surface area contributed by atoms with Gasteiger partial charge in [0, 0.05) is 21.1 Å². The Morgan fingerprint density at radius 1 is 1.33 bits per heavy atom. The lowest BCUT2D eigenvalue weighted by Crippen LogP contribution is -2.04. The van der Waals surface area contributed by atoms with Crippen molar-refractivity contribution in [1.82, 2.24) is 0 Å². The SMILES string of the molecule is COP(=O)(OC)OCOC(C)=O. The van der Waals surface area contributed by atoms with Gasteiger partial charge in [-0.05, 0) is 0 Å². The normalized spacial score (nSPS) is 11.2. The Bertz CT molecular complexity index is 182. The minimum atomic E-state index is -3.51. The summed E-state index contributed by atoms with van der Waals surface area (Å²) in [4.78, 5) is 10.2. The molecule has 0 radical (unpaired) electrons. The Labute approximate surface area is 70.4 Å². The minimum absolute atomic E-state index is 0.450. The van der Waals surface area contributed by atoms with Gasteiger partial charge in [0.15, 0.2) is 0 Å². The van der Waals surface area contributed by atoms with Gasteiger partial charge in [0.05, 0.1) is 0 Å². The van der Waals surface area contributed by atoms with Crippen molar-refractivity contribution in [2.24, 2.45) is 0 Å². The highest BCUT2D eigenvalue weighted by molar-refractivity contribution is 7.48. The van der Waals surface area contributed by atoms with Crippen LogP contribution in [-0.2, 0) is 27.7 Å². The van der Waals surface area contributed by atoms with E-state index in [0.29, 0.717) is 0 Å². The summed E-state index contributed by atoms with van der Waals surface area (Å²) < 4.78 is 28.7. The third-order valence-corrected chi connectivity index (χ3v) is 2.24. The molecule has 0 aromatic heterocycles. The molecule has 7 heteroatoms. The second kappa shape index (κ2) is 5.27. The fourth-order valence-corrected chi connectivity index (χ4v) is 0.896. The summed E-state index contributed by atoms with van der Waals surface area (Å²) in [5.74, 6) is -0.534. The lowest BCUT2D eigenvalue weighted by Gasteiger charge is -2.12. The topological polar surface area (TPSA) is 71.1 Å².